The van der Waals surface area contributed by atoms with Crippen LogP contribution in [0.15, 0.2) is 12.2 Å². The standard InChI is InChI=1S/C28H56/c1-5-7-9-11-13-15-17-19-21-23-25-28(26-27(3)4)24-22-20-18-16-14-12-10-8-6-2/h18,20,27-28H,5-17,19,21-26H2,1-4H3/b20-18+. The summed E-state index contributed by atoms with van der Waals surface area (Å²) >= 11 is 0. The van der Waals surface area contributed by atoms with Crippen molar-refractivity contribution in [1.82, 2.24) is 0 Å². The molecular weight excluding hydrogens is 336 g/mol. The molecule has 0 N–H and O–H groups in total. The van der Waals surface area contributed by atoms with Gasteiger partial charge in [0.25, 0.3) is 0 Å². The fourth-order valence-corrected chi connectivity index (χ4v) is 4.40. The molecule has 0 aliphatic heterocycles. The normalized spacial score (nSPS) is 13.0. The first-order chi connectivity index (χ1) is 13.7. The molecule has 0 radical (unpaired) electrons. The van der Waals surface area contributed by atoms with Crippen molar-refractivity contribution in [2.75, 3.05) is 0 Å². The molecule has 0 bridgehead atoms. The lowest BCUT2D eigenvalue weighted by molar-refractivity contribution is 0.352. The molecule has 0 heterocycles. The molecule has 0 spiro atoms. The molecule has 0 rings (SSSR count). The van der Waals surface area contributed by atoms with Gasteiger partial charge in [-0.15, -0.1) is 0 Å². The highest BCUT2D eigenvalue weighted by Crippen LogP contribution is 2.24. The summed E-state index contributed by atoms with van der Waals surface area (Å²) in [6.07, 6.45) is 33.4. The quantitative estimate of drug-likeness (QED) is 0.127. The number of unbranched alkanes of at least 4 members (excludes halogenated alkanes) is 14. The molecule has 0 heteroatoms. The molecular formula is C28H56. The molecule has 0 aromatic rings. The Morgan fingerprint density at radius 1 is 0.500 bits per heavy atom. The van der Waals surface area contributed by atoms with E-state index in [4.69, 9.17) is 0 Å². The minimum absolute atomic E-state index is 0.857. The average Bonchev–Trinajstić information content (AvgIpc) is 2.67. The van der Waals surface area contributed by atoms with E-state index in [9.17, 15) is 0 Å². The van der Waals surface area contributed by atoms with E-state index < -0.39 is 0 Å². The first kappa shape index (κ1) is 27.7. The average molecular weight is 393 g/mol. The van der Waals surface area contributed by atoms with Gasteiger partial charge in [0.15, 0.2) is 0 Å². The highest BCUT2D eigenvalue weighted by atomic mass is 14.2. The molecule has 0 saturated carbocycles. The zero-order valence-corrected chi connectivity index (χ0v) is 20.5. The Balaban J connectivity index is 3.65. The summed E-state index contributed by atoms with van der Waals surface area (Å²) < 4.78 is 0. The van der Waals surface area contributed by atoms with Gasteiger partial charge < -0.3 is 0 Å². The Labute approximate surface area is 180 Å². The van der Waals surface area contributed by atoms with Crippen molar-refractivity contribution >= 4 is 0 Å². The van der Waals surface area contributed by atoms with Crippen molar-refractivity contribution in [3.05, 3.63) is 12.2 Å². The molecule has 0 amide bonds. The third-order valence-electron chi connectivity index (χ3n) is 6.15. The minimum Gasteiger partial charge on any atom is -0.0885 e. The van der Waals surface area contributed by atoms with Crippen LogP contribution in [0.1, 0.15) is 156 Å². The van der Waals surface area contributed by atoms with E-state index in [1.54, 1.807) is 0 Å². The summed E-state index contributed by atoms with van der Waals surface area (Å²) in [5.74, 6) is 1.82. The van der Waals surface area contributed by atoms with Gasteiger partial charge >= 0.3 is 0 Å². The molecule has 0 aromatic carbocycles. The number of allylic oxidation sites excluding steroid dienone is 2. The Kier molecular flexibility index (Phi) is 22.8. The van der Waals surface area contributed by atoms with E-state index in [-0.39, 0.29) is 0 Å². The van der Waals surface area contributed by atoms with Gasteiger partial charge in [0.2, 0.25) is 0 Å². The van der Waals surface area contributed by atoms with Crippen molar-refractivity contribution in [3.63, 3.8) is 0 Å². The summed E-state index contributed by atoms with van der Waals surface area (Å²) in [6, 6.07) is 0. The lowest BCUT2D eigenvalue weighted by atomic mass is 9.88. The highest BCUT2D eigenvalue weighted by molar-refractivity contribution is 4.82. The maximum Gasteiger partial charge on any atom is -0.0348 e. The summed E-state index contributed by atoms with van der Waals surface area (Å²) in [5, 5.41) is 0. The molecule has 0 aliphatic rings. The van der Waals surface area contributed by atoms with Gasteiger partial charge in [-0.1, -0.05) is 136 Å². The molecule has 28 heavy (non-hydrogen) atoms. The zero-order chi connectivity index (χ0) is 20.7. The molecule has 0 fully saturated rings. The van der Waals surface area contributed by atoms with Crippen LogP contribution < -0.4 is 0 Å². The van der Waals surface area contributed by atoms with Crippen molar-refractivity contribution in [3.8, 4) is 0 Å². The highest BCUT2D eigenvalue weighted by Gasteiger charge is 2.10. The predicted molar refractivity (Wildman–Crippen MR) is 131 cm³/mol. The molecule has 0 aliphatic carbocycles. The van der Waals surface area contributed by atoms with Gasteiger partial charge in [-0.25, -0.2) is 0 Å². The smallest absolute Gasteiger partial charge is 0.0348 e. The zero-order valence-electron chi connectivity index (χ0n) is 20.5. The maximum atomic E-state index is 2.48. The van der Waals surface area contributed by atoms with E-state index >= 15 is 0 Å². The Morgan fingerprint density at radius 3 is 1.50 bits per heavy atom. The van der Waals surface area contributed by atoms with Crippen LogP contribution in [0.3, 0.4) is 0 Å². The fraction of sp³-hybridized carbons (Fsp3) is 0.929. The topological polar surface area (TPSA) is 0 Å². The monoisotopic (exact) mass is 392 g/mol. The largest absolute Gasteiger partial charge is 0.0885 e. The molecule has 1 atom stereocenters. The molecule has 0 nitrogen and oxygen atoms in total. The SMILES string of the molecule is CCCCCCC/C=C/CCC(CCCCCCCCCCCC)CC(C)C. The van der Waals surface area contributed by atoms with Gasteiger partial charge in [-0.05, 0) is 43.9 Å². The minimum atomic E-state index is 0.857. The van der Waals surface area contributed by atoms with Crippen molar-refractivity contribution in [2.24, 2.45) is 11.8 Å². The number of hydrogen-bond donors (Lipinski definition) is 0. The van der Waals surface area contributed by atoms with E-state index in [0.29, 0.717) is 0 Å². The Bertz CT molecular complexity index is 301. The van der Waals surface area contributed by atoms with Crippen LogP contribution in [0, 0.1) is 11.8 Å². The van der Waals surface area contributed by atoms with Crippen molar-refractivity contribution in [2.45, 2.75) is 156 Å². The van der Waals surface area contributed by atoms with E-state index in [1.807, 2.05) is 0 Å². The van der Waals surface area contributed by atoms with Crippen molar-refractivity contribution < 1.29 is 0 Å². The van der Waals surface area contributed by atoms with Gasteiger partial charge in [0.1, 0.15) is 0 Å². The third kappa shape index (κ3) is 22.0. The number of rotatable bonds is 22. The van der Waals surface area contributed by atoms with Gasteiger partial charge in [0, 0.05) is 0 Å². The third-order valence-corrected chi connectivity index (χ3v) is 6.15. The maximum absolute atomic E-state index is 2.48. The molecule has 0 saturated heterocycles. The van der Waals surface area contributed by atoms with Crippen LogP contribution in [0.5, 0.6) is 0 Å². The van der Waals surface area contributed by atoms with Crippen LogP contribution in [0.4, 0.5) is 0 Å². The Morgan fingerprint density at radius 2 is 0.964 bits per heavy atom. The van der Waals surface area contributed by atoms with Gasteiger partial charge in [-0.3, -0.25) is 0 Å². The lowest BCUT2D eigenvalue weighted by Crippen LogP contribution is -2.04. The van der Waals surface area contributed by atoms with Crippen LogP contribution in [-0.2, 0) is 0 Å². The van der Waals surface area contributed by atoms with Crippen LogP contribution >= 0.6 is 0 Å². The van der Waals surface area contributed by atoms with E-state index in [2.05, 4.69) is 39.8 Å². The van der Waals surface area contributed by atoms with E-state index in [1.165, 1.54) is 128 Å². The number of hydrogen-bond acceptors (Lipinski definition) is 0. The van der Waals surface area contributed by atoms with Crippen molar-refractivity contribution in [1.29, 1.82) is 0 Å². The molecule has 168 valence electrons. The van der Waals surface area contributed by atoms with Crippen LogP contribution in [0.25, 0.3) is 0 Å². The van der Waals surface area contributed by atoms with Gasteiger partial charge in [-0.2, -0.15) is 0 Å². The summed E-state index contributed by atoms with van der Waals surface area (Å²) in [6.45, 7) is 9.40. The second-order valence-corrected chi connectivity index (χ2v) is 9.72. The first-order valence-corrected chi connectivity index (χ1v) is 13.4. The second-order valence-electron chi connectivity index (χ2n) is 9.72. The summed E-state index contributed by atoms with van der Waals surface area (Å²) in [5.41, 5.74) is 0. The van der Waals surface area contributed by atoms with E-state index in [0.717, 1.165) is 11.8 Å². The second kappa shape index (κ2) is 23.0. The Hall–Kier alpha value is -0.260. The fourth-order valence-electron chi connectivity index (χ4n) is 4.40. The van der Waals surface area contributed by atoms with Gasteiger partial charge in [0.05, 0.1) is 0 Å². The summed E-state index contributed by atoms with van der Waals surface area (Å²) in [4.78, 5) is 0. The summed E-state index contributed by atoms with van der Waals surface area (Å²) in [7, 11) is 0. The predicted octanol–water partition coefficient (Wildman–Crippen LogP) is 10.7. The lowest BCUT2D eigenvalue weighted by Gasteiger charge is -2.18. The first-order valence-electron chi connectivity index (χ1n) is 13.4. The van der Waals surface area contributed by atoms with Crippen LogP contribution in [0.2, 0.25) is 0 Å². The molecule has 0 aromatic heterocycles. The van der Waals surface area contributed by atoms with Crippen LogP contribution in [-0.4, -0.2) is 0 Å². The molecule has 1 unspecified atom stereocenters.